The number of rotatable bonds is 3. The number of Topliss-reactive ketones (excluding diaryl/α,β-unsaturated/α-hetero) is 1. The van der Waals surface area contributed by atoms with Crippen LogP contribution in [0.1, 0.15) is 31.1 Å². The number of carbonyl (C=O) groups excluding carboxylic acids is 1. The number of hydrogen-bond acceptors (Lipinski definition) is 2. The van der Waals surface area contributed by atoms with Crippen LogP contribution >= 0.6 is 0 Å². The van der Waals surface area contributed by atoms with Crippen molar-refractivity contribution >= 4 is 5.78 Å². The molecule has 0 saturated carbocycles. The smallest absolute Gasteiger partial charge is 0.192 e. The molecule has 94 valence electrons. The summed E-state index contributed by atoms with van der Waals surface area (Å²) in [5.74, 6) is -1.95. The van der Waals surface area contributed by atoms with E-state index in [0.29, 0.717) is 0 Å². The van der Waals surface area contributed by atoms with Gasteiger partial charge in [-0.05, 0) is 17.5 Å². The Morgan fingerprint density at radius 2 is 1.65 bits per heavy atom. The summed E-state index contributed by atoms with van der Waals surface area (Å²) in [5, 5.41) is 0. The number of hydrogen-bond donors (Lipinski definition) is 0. The van der Waals surface area contributed by atoms with Crippen LogP contribution < -0.4 is 0 Å². The van der Waals surface area contributed by atoms with Crippen LogP contribution in [0.15, 0.2) is 18.2 Å². The zero-order valence-electron chi connectivity index (χ0n) is 10.4. The molecule has 0 heterocycles. The summed E-state index contributed by atoms with van der Waals surface area (Å²) in [6.45, 7) is 5.48. The maximum Gasteiger partial charge on any atom is 0.192 e. The highest BCUT2D eigenvalue weighted by molar-refractivity contribution is 6.00. The molecule has 0 N–H and O–H groups in total. The van der Waals surface area contributed by atoms with Crippen molar-refractivity contribution in [1.82, 2.24) is 0 Å². The lowest BCUT2D eigenvalue weighted by atomic mass is 9.84. The topological polar surface area (TPSA) is 26.3 Å². The predicted molar refractivity (Wildman–Crippen MR) is 60.9 cm³/mol. The number of halogens is 2. The van der Waals surface area contributed by atoms with Crippen molar-refractivity contribution in [2.45, 2.75) is 26.9 Å². The summed E-state index contributed by atoms with van der Waals surface area (Å²) in [4.78, 5) is 12.1. The van der Waals surface area contributed by atoms with Gasteiger partial charge in [0.15, 0.2) is 5.78 Å². The Morgan fingerprint density at radius 1 is 1.18 bits per heavy atom. The predicted octanol–water partition coefficient (Wildman–Crippen LogP) is 3.21. The standard InChI is InChI=1S/C13H16F2O2/c1-13(2,3)12(17-4)11(16)8-5-9(14)7-10(15)6-8/h5-7,12H,1-4H3. The molecule has 1 aromatic carbocycles. The number of ketones is 1. The summed E-state index contributed by atoms with van der Waals surface area (Å²) < 4.78 is 31.2. The zero-order valence-corrected chi connectivity index (χ0v) is 10.4. The molecule has 1 rings (SSSR count). The number of carbonyl (C=O) groups is 1. The highest BCUT2D eigenvalue weighted by Gasteiger charge is 2.32. The van der Waals surface area contributed by atoms with Crippen molar-refractivity contribution in [3.05, 3.63) is 35.4 Å². The van der Waals surface area contributed by atoms with Crippen LogP contribution in [0, 0.1) is 17.0 Å². The Kier molecular flexibility index (Phi) is 3.98. The molecular formula is C13H16F2O2. The van der Waals surface area contributed by atoms with Crippen LogP contribution in [-0.4, -0.2) is 19.0 Å². The summed E-state index contributed by atoms with van der Waals surface area (Å²) in [5.41, 5.74) is -0.446. The molecule has 1 atom stereocenters. The normalized spacial score (nSPS) is 13.5. The Balaban J connectivity index is 3.10. The van der Waals surface area contributed by atoms with E-state index in [1.807, 2.05) is 20.8 Å². The van der Waals surface area contributed by atoms with Crippen molar-refractivity contribution in [3.63, 3.8) is 0 Å². The second kappa shape index (κ2) is 4.92. The molecule has 0 aromatic heterocycles. The molecule has 0 amide bonds. The summed E-state index contributed by atoms with van der Waals surface area (Å²) in [7, 11) is 1.41. The van der Waals surface area contributed by atoms with E-state index in [4.69, 9.17) is 4.74 Å². The van der Waals surface area contributed by atoms with Gasteiger partial charge in [0.05, 0.1) is 0 Å². The molecule has 0 radical (unpaired) electrons. The van der Waals surface area contributed by atoms with E-state index in [2.05, 4.69) is 0 Å². The lowest BCUT2D eigenvalue weighted by Gasteiger charge is -2.28. The molecule has 17 heavy (non-hydrogen) atoms. The SMILES string of the molecule is COC(C(=O)c1cc(F)cc(F)c1)C(C)(C)C. The molecule has 0 bridgehead atoms. The highest BCUT2D eigenvalue weighted by Crippen LogP contribution is 2.25. The third-order valence-corrected chi connectivity index (χ3v) is 2.41. The summed E-state index contributed by atoms with van der Waals surface area (Å²) in [6, 6.07) is 2.77. The zero-order chi connectivity index (χ0) is 13.2. The summed E-state index contributed by atoms with van der Waals surface area (Å²) in [6.07, 6.45) is -0.733. The molecule has 1 unspecified atom stereocenters. The Labute approximate surface area is 99.6 Å². The van der Waals surface area contributed by atoms with Gasteiger partial charge in [0.1, 0.15) is 17.7 Å². The van der Waals surface area contributed by atoms with Crippen LogP contribution in [0.3, 0.4) is 0 Å². The first-order valence-corrected chi connectivity index (χ1v) is 5.29. The Hall–Kier alpha value is -1.29. The fraction of sp³-hybridized carbons (Fsp3) is 0.462. The quantitative estimate of drug-likeness (QED) is 0.761. The van der Waals surface area contributed by atoms with Crippen LogP contribution in [0.4, 0.5) is 8.78 Å². The molecule has 0 aliphatic heterocycles. The lowest BCUT2D eigenvalue weighted by Crippen LogP contribution is -2.36. The molecule has 2 nitrogen and oxygen atoms in total. The molecule has 0 saturated heterocycles. The van der Waals surface area contributed by atoms with E-state index in [0.717, 1.165) is 18.2 Å². The molecule has 0 spiro atoms. The molecule has 0 fully saturated rings. The molecule has 4 heteroatoms. The number of benzene rings is 1. The number of ether oxygens (including phenoxy) is 1. The first kappa shape index (κ1) is 13.8. The largest absolute Gasteiger partial charge is 0.373 e. The first-order valence-electron chi connectivity index (χ1n) is 5.29. The highest BCUT2D eigenvalue weighted by atomic mass is 19.1. The Morgan fingerprint density at radius 3 is 2.00 bits per heavy atom. The van der Waals surface area contributed by atoms with E-state index in [1.165, 1.54) is 7.11 Å². The van der Waals surface area contributed by atoms with Gasteiger partial charge in [-0.3, -0.25) is 4.79 Å². The van der Waals surface area contributed by atoms with Crippen molar-refractivity contribution in [2.24, 2.45) is 5.41 Å². The van der Waals surface area contributed by atoms with Crippen molar-refractivity contribution in [2.75, 3.05) is 7.11 Å². The van der Waals surface area contributed by atoms with E-state index in [-0.39, 0.29) is 5.56 Å². The summed E-state index contributed by atoms with van der Waals surface area (Å²) >= 11 is 0. The van der Waals surface area contributed by atoms with Gasteiger partial charge in [0, 0.05) is 18.7 Å². The van der Waals surface area contributed by atoms with Crippen LogP contribution in [-0.2, 0) is 4.74 Å². The average Bonchev–Trinajstić information content (AvgIpc) is 2.14. The third kappa shape index (κ3) is 3.33. The second-order valence-corrected chi connectivity index (χ2v) is 5.00. The van der Waals surface area contributed by atoms with Gasteiger partial charge in [-0.2, -0.15) is 0 Å². The van der Waals surface area contributed by atoms with Crippen LogP contribution in [0.2, 0.25) is 0 Å². The minimum atomic E-state index is -0.767. The van der Waals surface area contributed by atoms with Crippen molar-refractivity contribution < 1.29 is 18.3 Å². The molecular weight excluding hydrogens is 226 g/mol. The maximum atomic E-state index is 13.0. The molecule has 0 aliphatic rings. The van der Waals surface area contributed by atoms with Gasteiger partial charge in [0.2, 0.25) is 0 Å². The van der Waals surface area contributed by atoms with E-state index >= 15 is 0 Å². The fourth-order valence-corrected chi connectivity index (χ4v) is 1.70. The first-order chi connectivity index (χ1) is 7.75. The monoisotopic (exact) mass is 242 g/mol. The van der Waals surface area contributed by atoms with Crippen molar-refractivity contribution in [1.29, 1.82) is 0 Å². The maximum absolute atomic E-state index is 13.0. The van der Waals surface area contributed by atoms with Gasteiger partial charge >= 0.3 is 0 Å². The lowest BCUT2D eigenvalue weighted by molar-refractivity contribution is 0.0195. The van der Waals surface area contributed by atoms with Crippen LogP contribution in [0.25, 0.3) is 0 Å². The minimum absolute atomic E-state index is 0.00993. The molecule has 0 aliphatic carbocycles. The third-order valence-electron chi connectivity index (χ3n) is 2.41. The van der Waals surface area contributed by atoms with E-state index < -0.39 is 28.9 Å². The van der Waals surface area contributed by atoms with Crippen molar-refractivity contribution in [3.8, 4) is 0 Å². The average molecular weight is 242 g/mol. The van der Waals surface area contributed by atoms with Crippen LogP contribution in [0.5, 0.6) is 0 Å². The minimum Gasteiger partial charge on any atom is -0.373 e. The Bertz CT molecular complexity index is 402. The number of methoxy groups -OCH3 is 1. The van der Waals surface area contributed by atoms with Gasteiger partial charge < -0.3 is 4.74 Å². The van der Waals surface area contributed by atoms with E-state index in [9.17, 15) is 13.6 Å². The molecule has 1 aromatic rings. The van der Waals surface area contributed by atoms with Gasteiger partial charge in [-0.1, -0.05) is 20.8 Å². The van der Waals surface area contributed by atoms with Gasteiger partial charge in [-0.15, -0.1) is 0 Å². The second-order valence-electron chi connectivity index (χ2n) is 5.00. The van der Waals surface area contributed by atoms with Gasteiger partial charge in [0.25, 0.3) is 0 Å². The fourth-order valence-electron chi connectivity index (χ4n) is 1.70. The van der Waals surface area contributed by atoms with E-state index in [1.54, 1.807) is 0 Å². The van der Waals surface area contributed by atoms with Gasteiger partial charge in [-0.25, -0.2) is 8.78 Å².